The number of benzene rings is 1. The molecule has 0 radical (unpaired) electrons. The largest absolute Gasteiger partial charge is 0.496 e. The minimum atomic E-state index is 0.494. The molecule has 1 saturated heterocycles. The fraction of sp³-hybridized carbons (Fsp3) is 0.591. The van der Waals surface area contributed by atoms with Crippen molar-refractivity contribution < 1.29 is 14.2 Å². The summed E-state index contributed by atoms with van der Waals surface area (Å²) >= 11 is 6.73. The molecular weight excluding hydrogens is 376 g/mol. The molecule has 2 aromatic rings. The zero-order valence-electron chi connectivity index (χ0n) is 16.6. The highest BCUT2D eigenvalue weighted by molar-refractivity contribution is 6.36. The topological polar surface area (TPSA) is 43.8 Å². The van der Waals surface area contributed by atoms with Crippen LogP contribution >= 0.6 is 11.6 Å². The lowest BCUT2D eigenvalue weighted by Crippen LogP contribution is -2.38. The molecule has 152 valence electrons. The van der Waals surface area contributed by atoms with Crippen molar-refractivity contribution in [1.82, 2.24) is 9.88 Å². The first-order valence-corrected chi connectivity index (χ1v) is 10.7. The second-order valence-electron chi connectivity index (χ2n) is 7.66. The van der Waals surface area contributed by atoms with Crippen LogP contribution in [0.4, 0.5) is 0 Å². The Morgan fingerprint density at radius 2 is 1.93 bits per heavy atom. The van der Waals surface area contributed by atoms with Gasteiger partial charge < -0.3 is 14.2 Å². The average molecular weight is 405 g/mol. The SMILES string of the molecule is COc1cc(C2CCCCC2)nc2c(Cl)c(OCCN3CCOCC3)ccc12. The van der Waals surface area contributed by atoms with Crippen LogP contribution < -0.4 is 9.47 Å². The second-order valence-corrected chi connectivity index (χ2v) is 8.04. The summed E-state index contributed by atoms with van der Waals surface area (Å²) in [5.74, 6) is 2.03. The highest BCUT2D eigenvalue weighted by Crippen LogP contribution is 2.39. The Bertz CT molecular complexity index is 802. The van der Waals surface area contributed by atoms with E-state index in [0.717, 1.165) is 55.2 Å². The molecule has 0 atom stereocenters. The summed E-state index contributed by atoms with van der Waals surface area (Å²) < 4.78 is 17.1. The zero-order valence-corrected chi connectivity index (χ0v) is 17.3. The van der Waals surface area contributed by atoms with Crippen molar-refractivity contribution in [3.05, 3.63) is 28.9 Å². The fourth-order valence-electron chi connectivity index (χ4n) is 4.22. The molecule has 2 aliphatic rings. The fourth-order valence-corrected chi connectivity index (χ4v) is 4.49. The lowest BCUT2D eigenvalue weighted by atomic mass is 9.86. The lowest BCUT2D eigenvalue weighted by molar-refractivity contribution is 0.0322. The summed E-state index contributed by atoms with van der Waals surface area (Å²) in [5.41, 5.74) is 1.88. The van der Waals surface area contributed by atoms with Crippen molar-refractivity contribution in [2.24, 2.45) is 0 Å². The number of fused-ring (bicyclic) bond motifs is 1. The van der Waals surface area contributed by atoms with Crippen LogP contribution in [0.25, 0.3) is 10.9 Å². The summed E-state index contributed by atoms with van der Waals surface area (Å²) in [5, 5.41) is 1.52. The van der Waals surface area contributed by atoms with Gasteiger partial charge in [0.25, 0.3) is 0 Å². The van der Waals surface area contributed by atoms with Crippen LogP contribution in [0.2, 0.25) is 5.02 Å². The van der Waals surface area contributed by atoms with Gasteiger partial charge in [-0.25, -0.2) is 0 Å². The van der Waals surface area contributed by atoms with E-state index in [9.17, 15) is 0 Å². The van der Waals surface area contributed by atoms with E-state index in [1.165, 1.54) is 32.1 Å². The van der Waals surface area contributed by atoms with Crippen LogP contribution in [0.15, 0.2) is 18.2 Å². The number of hydrogen-bond acceptors (Lipinski definition) is 5. The predicted octanol–water partition coefficient (Wildman–Crippen LogP) is 4.66. The Morgan fingerprint density at radius 1 is 1.14 bits per heavy atom. The Labute approximate surface area is 171 Å². The van der Waals surface area contributed by atoms with Crippen molar-refractivity contribution in [3.63, 3.8) is 0 Å². The van der Waals surface area contributed by atoms with Crippen LogP contribution in [0.3, 0.4) is 0 Å². The van der Waals surface area contributed by atoms with Gasteiger partial charge in [0, 0.05) is 42.7 Å². The first kappa shape index (κ1) is 19.7. The molecule has 4 rings (SSSR count). The maximum absolute atomic E-state index is 6.73. The summed E-state index contributed by atoms with van der Waals surface area (Å²) in [6.45, 7) is 4.98. The van der Waals surface area contributed by atoms with Gasteiger partial charge in [-0.2, -0.15) is 0 Å². The van der Waals surface area contributed by atoms with Crippen molar-refractivity contribution >= 4 is 22.5 Å². The summed E-state index contributed by atoms with van der Waals surface area (Å²) in [7, 11) is 1.71. The average Bonchev–Trinajstić information content (AvgIpc) is 2.76. The quantitative estimate of drug-likeness (QED) is 0.700. The van der Waals surface area contributed by atoms with Gasteiger partial charge in [-0.1, -0.05) is 30.9 Å². The lowest BCUT2D eigenvalue weighted by Gasteiger charge is -2.26. The van der Waals surface area contributed by atoms with E-state index in [1.54, 1.807) is 7.11 Å². The number of hydrogen-bond donors (Lipinski definition) is 0. The number of nitrogens with zero attached hydrogens (tertiary/aromatic N) is 2. The molecule has 0 unspecified atom stereocenters. The summed E-state index contributed by atoms with van der Waals surface area (Å²) in [6, 6.07) is 6.02. The van der Waals surface area contributed by atoms with Gasteiger partial charge in [-0.15, -0.1) is 0 Å². The molecule has 1 aliphatic heterocycles. The van der Waals surface area contributed by atoms with Crippen molar-refractivity contribution in [1.29, 1.82) is 0 Å². The van der Waals surface area contributed by atoms with Crippen LogP contribution in [0.1, 0.15) is 43.7 Å². The molecule has 0 N–H and O–H groups in total. The molecule has 28 heavy (non-hydrogen) atoms. The van der Waals surface area contributed by atoms with Gasteiger partial charge in [0.1, 0.15) is 23.1 Å². The number of halogens is 1. The molecule has 2 fully saturated rings. The van der Waals surface area contributed by atoms with E-state index >= 15 is 0 Å². The van der Waals surface area contributed by atoms with Crippen molar-refractivity contribution in [2.75, 3.05) is 46.6 Å². The highest BCUT2D eigenvalue weighted by Gasteiger charge is 2.21. The predicted molar refractivity (Wildman–Crippen MR) is 112 cm³/mol. The molecule has 1 aromatic heterocycles. The van der Waals surface area contributed by atoms with E-state index in [-0.39, 0.29) is 0 Å². The number of morpholine rings is 1. The maximum atomic E-state index is 6.73. The van der Waals surface area contributed by atoms with Crippen molar-refractivity contribution in [2.45, 2.75) is 38.0 Å². The summed E-state index contributed by atoms with van der Waals surface area (Å²) in [6.07, 6.45) is 6.24. The smallest absolute Gasteiger partial charge is 0.140 e. The molecule has 5 nitrogen and oxygen atoms in total. The Morgan fingerprint density at radius 3 is 2.68 bits per heavy atom. The van der Waals surface area contributed by atoms with E-state index in [1.807, 2.05) is 12.1 Å². The monoisotopic (exact) mass is 404 g/mol. The number of rotatable bonds is 6. The minimum absolute atomic E-state index is 0.494. The molecule has 2 heterocycles. The van der Waals surface area contributed by atoms with Crippen LogP contribution in [0, 0.1) is 0 Å². The minimum Gasteiger partial charge on any atom is -0.496 e. The Hall–Kier alpha value is -1.56. The molecule has 0 spiro atoms. The second kappa shape index (κ2) is 9.29. The van der Waals surface area contributed by atoms with Gasteiger partial charge >= 0.3 is 0 Å². The number of ether oxygens (including phenoxy) is 3. The molecule has 1 aliphatic carbocycles. The Balaban J connectivity index is 1.55. The molecule has 1 saturated carbocycles. The Kier molecular flexibility index (Phi) is 6.55. The van der Waals surface area contributed by atoms with E-state index in [4.69, 9.17) is 30.8 Å². The van der Waals surface area contributed by atoms with E-state index < -0.39 is 0 Å². The number of pyridine rings is 1. The zero-order chi connectivity index (χ0) is 19.3. The van der Waals surface area contributed by atoms with Gasteiger partial charge in [0.15, 0.2) is 0 Å². The third-order valence-corrected chi connectivity index (χ3v) is 6.24. The molecule has 0 bridgehead atoms. The standard InChI is InChI=1S/C22H29ClN2O3/c1-26-20-15-18(16-5-3-2-4-6-16)24-22-17(20)7-8-19(21(22)23)28-14-11-25-9-12-27-13-10-25/h7-8,15-16H,2-6,9-14H2,1H3. The molecular formula is C22H29ClN2O3. The molecule has 6 heteroatoms. The van der Waals surface area contributed by atoms with Gasteiger partial charge in [0.05, 0.1) is 25.8 Å². The highest BCUT2D eigenvalue weighted by atomic mass is 35.5. The number of aromatic nitrogens is 1. The van der Waals surface area contributed by atoms with Crippen LogP contribution in [-0.4, -0.2) is 56.4 Å². The summed E-state index contributed by atoms with van der Waals surface area (Å²) in [4.78, 5) is 7.29. The molecule has 0 amide bonds. The van der Waals surface area contributed by atoms with Crippen LogP contribution in [0.5, 0.6) is 11.5 Å². The normalized spacial score (nSPS) is 19.1. The van der Waals surface area contributed by atoms with E-state index in [2.05, 4.69) is 11.0 Å². The molecule has 1 aromatic carbocycles. The number of methoxy groups -OCH3 is 1. The third-order valence-electron chi connectivity index (χ3n) is 5.88. The van der Waals surface area contributed by atoms with Gasteiger partial charge in [0.2, 0.25) is 0 Å². The third kappa shape index (κ3) is 4.37. The van der Waals surface area contributed by atoms with Gasteiger partial charge in [-0.05, 0) is 25.0 Å². The first-order chi connectivity index (χ1) is 13.8. The van der Waals surface area contributed by atoms with Gasteiger partial charge in [-0.3, -0.25) is 9.88 Å². The maximum Gasteiger partial charge on any atom is 0.140 e. The van der Waals surface area contributed by atoms with E-state index in [0.29, 0.717) is 23.3 Å². The van der Waals surface area contributed by atoms with Crippen molar-refractivity contribution in [3.8, 4) is 11.5 Å². The first-order valence-electron chi connectivity index (χ1n) is 10.4. The van der Waals surface area contributed by atoms with Crippen LogP contribution in [-0.2, 0) is 4.74 Å².